The van der Waals surface area contributed by atoms with E-state index >= 15 is 0 Å². The van der Waals surface area contributed by atoms with Crippen molar-refractivity contribution in [3.63, 3.8) is 0 Å². The summed E-state index contributed by atoms with van der Waals surface area (Å²) in [6, 6.07) is 2.67. The van der Waals surface area contributed by atoms with Crippen LogP contribution >= 0.6 is 0 Å². The number of aliphatic hydroxyl groups excluding tert-OH is 1. The van der Waals surface area contributed by atoms with Crippen molar-refractivity contribution in [3.05, 3.63) is 68.3 Å². The fourth-order valence-electron chi connectivity index (χ4n) is 7.71. The Kier molecular flexibility index (Phi) is 4.05. The van der Waals surface area contributed by atoms with Crippen LogP contribution in [0.3, 0.4) is 0 Å². The molecule has 2 saturated carbocycles. The molecule has 39 heavy (non-hydrogen) atoms. The van der Waals surface area contributed by atoms with Gasteiger partial charge >= 0.3 is 0 Å². The Morgan fingerprint density at radius 3 is 2.23 bits per heavy atom. The van der Waals surface area contributed by atoms with Crippen molar-refractivity contribution in [3.8, 4) is 17.2 Å². The van der Waals surface area contributed by atoms with E-state index in [4.69, 9.17) is 0 Å². The molecule has 4 atom stereocenters. The largest absolute Gasteiger partial charge is 0.507 e. The molecule has 5 N–H and O–H groups in total. The maximum atomic E-state index is 14.2. The Morgan fingerprint density at radius 2 is 1.54 bits per heavy atom. The minimum Gasteiger partial charge on any atom is -0.507 e. The molecule has 0 aromatic heterocycles. The molecular weight excluding hydrogens is 508 g/mol. The summed E-state index contributed by atoms with van der Waals surface area (Å²) in [7, 11) is 0. The van der Waals surface area contributed by atoms with Gasteiger partial charge in [0.15, 0.2) is 23.1 Å². The molecule has 4 unspecified atom stereocenters. The molecule has 2 fully saturated rings. The molecule has 1 spiro atoms. The van der Waals surface area contributed by atoms with Crippen molar-refractivity contribution in [1.82, 2.24) is 0 Å². The SMILES string of the molecule is CC1=CC(=O)c2c(O)c3c(c(O)c2C1=O)C1C(=O)CC24C(=O)c5cc(C)cc(O)c5C(O)=C2C(=O)C3CC14O. The van der Waals surface area contributed by atoms with Crippen LogP contribution in [-0.2, 0) is 9.59 Å². The number of rotatable bonds is 0. The smallest absolute Gasteiger partial charge is 0.193 e. The van der Waals surface area contributed by atoms with Crippen molar-refractivity contribution >= 4 is 34.7 Å². The summed E-state index contributed by atoms with van der Waals surface area (Å²) in [6.07, 6.45) is -0.241. The lowest BCUT2D eigenvalue weighted by molar-refractivity contribution is -0.133. The summed E-state index contributed by atoms with van der Waals surface area (Å²) in [5.41, 5.74) is -6.93. The number of benzene rings is 2. The number of ketones is 5. The van der Waals surface area contributed by atoms with Crippen molar-refractivity contribution in [2.45, 2.75) is 44.1 Å². The van der Waals surface area contributed by atoms with Gasteiger partial charge in [0.25, 0.3) is 0 Å². The monoisotopic (exact) mass is 528 g/mol. The van der Waals surface area contributed by atoms with E-state index in [9.17, 15) is 49.5 Å². The highest BCUT2D eigenvalue weighted by Gasteiger charge is 2.77. The summed E-state index contributed by atoms with van der Waals surface area (Å²) >= 11 is 0. The van der Waals surface area contributed by atoms with Crippen molar-refractivity contribution in [1.29, 1.82) is 0 Å². The van der Waals surface area contributed by atoms with E-state index in [1.807, 2.05) is 0 Å². The fourth-order valence-corrected chi connectivity index (χ4v) is 7.71. The van der Waals surface area contributed by atoms with Crippen LogP contribution in [0.25, 0.3) is 5.76 Å². The highest BCUT2D eigenvalue weighted by atomic mass is 16.3. The number of carbonyl (C=O) groups is 5. The predicted molar refractivity (Wildman–Crippen MR) is 131 cm³/mol. The van der Waals surface area contributed by atoms with Crippen molar-refractivity contribution < 1.29 is 49.5 Å². The van der Waals surface area contributed by atoms with Gasteiger partial charge < -0.3 is 25.5 Å². The van der Waals surface area contributed by atoms with E-state index in [1.54, 1.807) is 6.92 Å². The quantitative estimate of drug-likeness (QED) is 0.318. The van der Waals surface area contributed by atoms with Crippen LogP contribution in [0.5, 0.6) is 17.2 Å². The van der Waals surface area contributed by atoms with Crippen LogP contribution in [0.2, 0.25) is 0 Å². The molecule has 10 nitrogen and oxygen atoms in total. The molecular formula is C29H20O10. The molecule has 0 amide bonds. The fraction of sp³-hybridized carbons (Fsp3) is 0.276. The minimum atomic E-state index is -2.34. The number of fused-ring (bicyclic) bond motifs is 6. The molecule has 0 saturated heterocycles. The number of aliphatic hydroxyl groups is 2. The molecule has 196 valence electrons. The number of hydrogen-bond donors (Lipinski definition) is 5. The van der Waals surface area contributed by atoms with Gasteiger partial charge in [-0.2, -0.15) is 0 Å². The standard InChI is InChI=1S/C29H20O10/c1-8-3-10-15(12(30)4-8)26(37)21-23(34)11-6-29(39)20(14(32)7-28(21,29)27(10)38)18-16(11)24(35)17-13(31)5-9(2)22(33)19(17)25(18)36/h3-5,11,20,30,35-37,39H,6-7H2,1-2H3. The summed E-state index contributed by atoms with van der Waals surface area (Å²) in [6.45, 7) is 2.94. The number of allylic oxidation sites excluding steroid dienone is 2. The normalized spacial score (nSPS) is 30.1. The number of aromatic hydroxyl groups is 3. The molecule has 10 heteroatoms. The van der Waals surface area contributed by atoms with Crippen LogP contribution in [0.4, 0.5) is 0 Å². The van der Waals surface area contributed by atoms with Gasteiger partial charge in [-0.15, -0.1) is 0 Å². The molecule has 2 bridgehead atoms. The van der Waals surface area contributed by atoms with E-state index in [0.29, 0.717) is 5.56 Å². The lowest BCUT2D eigenvalue weighted by Gasteiger charge is -2.54. The Morgan fingerprint density at radius 1 is 0.872 bits per heavy atom. The first-order valence-electron chi connectivity index (χ1n) is 12.3. The highest BCUT2D eigenvalue weighted by molar-refractivity contribution is 6.29. The Hall–Kier alpha value is -4.57. The summed E-state index contributed by atoms with van der Waals surface area (Å²) in [4.78, 5) is 67.8. The van der Waals surface area contributed by atoms with Gasteiger partial charge in [-0.25, -0.2) is 0 Å². The van der Waals surface area contributed by atoms with Gasteiger partial charge in [0, 0.05) is 28.7 Å². The molecule has 5 aliphatic carbocycles. The molecule has 2 aromatic rings. The van der Waals surface area contributed by atoms with E-state index < -0.39 is 104 Å². The van der Waals surface area contributed by atoms with Crippen molar-refractivity contribution in [2.75, 3.05) is 0 Å². The maximum absolute atomic E-state index is 14.2. The third-order valence-electron chi connectivity index (χ3n) is 9.19. The van der Waals surface area contributed by atoms with Gasteiger partial charge in [-0.1, -0.05) is 0 Å². The van der Waals surface area contributed by atoms with Gasteiger partial charge in [0.1, 0.15) is 34.2 Å². The molecule has 2 aromatic carbocycles. The molecule has 7 rings (SSSR count). The summed E-state index contributed by atoms with van der Waals surface area (Å²) < 4.78 is 0. The van der Waals surface area contributed by atoms with Crippen LogP contribution in [0.1, 0.15) is 84.9 Å². The first kappa shape index (κ1) is 23.5. The first-order chi connectivity index (χ1) is 18.3. The molecule has 0 aliphatic heterocycles. The second-order valence-electron chi connectivity index (χ2n) is 11.1. The van der Waals surface area contributed by atoms with E-state index in [-0.39, 0.29) is 27.8 Å². The Balaban J connectivity index is 1.63. The third-order valence-corrected chi connectivity index (χ3v) is 9.19. The predicted octanol–water partition coefficient (Wildman–Crippen LogP) is 2.45. The average molecular weight is 528 g/mol. The van der Waals surface area contributed by atoms with Gasteiger partial charge in [-0.05, 0) is 44.0 Å². The lowest BCUT2D eigenvalue weighted by Crippen LogP contribution is -2.62. The second-order valence-corrected chi connectivity index (χ2v) is 11.1. The minimum absolute atomic E-state index is 0.0217. The second kappa shape index (κ2) is 6.70. The summed E-state index contributed by atoms with van der Waals surface area (Å²) in [5, 5.41) is 57.0. The third kappa shape index (κ3) is 2.28. The van der Waals surface area contributed by atoms with Gasteiger partial charge in [0.2, 0.25) is 0 Å². The van der Waals surface area contributed by atoms with E-state index in [2.05, 4.69) is 0 Å². The zero-order valence-corrected chi connectivity index (χ0v) is 20.6. The number of phenols is 3. The molecule has 5 aliphatic rings. The van der Waals surface area contributed by atoms with Crippen LogP contribution in [0.15, 0.2) is 29.4 Å². The van der Waals surface area contributed by atoms with Crippen LogP contribution in [0, 0.1) is 12.3 Å². The Bertz CT molecular complexity index is 1790. The topological polar surface area (TPSA) is 186 Å². The van der Waals surface area contributed by atoms with Gasteiger partial charge in [0.05, 0.1) is 39.7 Å². The van der Waals surface area contributed by atoms with Crippen molar-refractivity contribution in [2.24, 2.45) is 5.41 Å². The molecule has 0 heterocycles. The van der Waals surface area contributed by atoms with Crippen LogP contribution in [-0.4, -0.2) is 60.0 Å². The zero-order valence-electron chi connectivity index (χ0n) is 20.6. The number of Topliss-reactive ketones (excluding diaryl/α,β-unsaturated/α-hetero) is 4. The molecule has 0 radical (unpaired) electrons. The summed E-state index contributed by atoms with van der Waals surface area (Å²) in [5.74, 6) is -10.1. The van der Waals surface area contributed by atoms with E-state index in [0.717, 1.165) is 6.08 Å². The van der Waals surface area contributed by atoms with Gasteiger partial charge in [-0.3, -0.25) is 24.0 Å². The van der Waals surface area contributed by atoms with E-state index in [1.165, 1.54) is 19.1 Å². The lowest BCUT2D eigenvalue weighted by atomic mass is 9.48. The number of hydrogen-bond acceptors (Lipinski definition) is 10. The maximum Gasteiger partial charge on any atom is 0.193 e. The first-order valence-corrected chi connectivity index (χ1v) is 12.3. The highest BCUT2D eigenvalue weighted by Crippen LogP contribution is 2.71. The Labute approximate surface area is 219 Å². The average Bonchev–Trinajstić information content (AvgIpc) is 3.10. The number of carbonyl (C=O) groups excluding carboxylic acids is 5. The van der Waals surface area contributed by atoms with Crippen LogP contribution < -0.4 is 0 Å². The zero-order chi connectivity index (χ0) is 28.1. The number of aryl methyl sites for hydroxylation is 1. The number of phenolic OH excluding ortho intramolecular Hbond substituents is 3.